The van der Waals surface area contributed by atoms with Gasteiger partial charge in [0, 0.05) is 35.9 Å². The molecule has 1 rings (SSSR count). The Balaban J connectivity index is 3.08. The van der Waals surface area contributed by atoms with Gasteiger partial charge in [-0.25, -0.2) is 0 Å². The maximum Gasteiger partial charge on any atom is 0.161 e. The first-order valence-corrected chi connectivity index (χ1v) is 6.80. The molecule has 0 aliphatic rings. The van der Waals surface area contributed by atoms with Gasteiger partial charge in [-0.15, -0.1) is 0 Å². The van der Waals surface area contributed by atoms with Crippen molar-refractivity contribution >= 4 is 27.4 Å². The molecule has 0 saturated carbocycles. The number of hydrogen-bond donors (Lipinski definition) is 0. The fourth-order valence-electron chi connectivity index (χ4n) is 1.80. The lowest BCUT2D eigenvalue weighted by atomic mass is 10.1. The van der Waals surface area contributed by atoms with Crippen molar-refractivity contribution in [3.05, 3.63) is 28.2 Å². The highest BCUT2D eigenvalue weighted by Crippen LogP contribution is 2.26. The molecule has 0 saturated heterocycles. The number of ketones is 1. The van der Waals surface area contributed by atoms with E-state index in [4.69, 9.17) is 10.00 Å². The number of carbonyl (C=O) groups excluding carboxylic acids is 1. The maximum absolute atomic E-state index is 11.7. The van der Waals surface area contributed by atoms with Crippen molar-refractivity contribution in [2.75, 3.05) is 31.7 Å². The van der Waals surface area contributed by atoms with Gasteiger partial charge < -0.3 is 9.64 Å². The van der Waals surface area contributed by atoms with Crippen molar-refractivity contribution in [3.8, 4) is 6.07 Å². The van der Waals surface area contributed by atoms with Crippen LogP contribution in [0.2, 0.25) is 0 Å². The van der Waals surface area contributed by atoms with E-state index in [1.165, 1.54) is 0 Å². The van der Waals surface area contributed by atoms with Gasteiger partial charge in [-0.1, -0.05) is 15.9 Å². The minimum absolute atomic E-state index is 0.0156. The molecule has 0 radical (unpaired) electrons. The molecule has 0 aliphatic heterocycles. The number of halogens is 1. The Bertz CT molecular complexity index is 483. The Morgan fingerprint density at radius 2 is 2.21 bits per heavy atom. The van der Waals surface area contributed by atoms with E-state index in [0.29, 0.717) is 31.7 Å². The Morgan fingerprint density at radius 3 is 2.79 bits per heavy atom. The summed E-state index contributed by atoms with van der Waals surface area (Å²) in [6, 6.07) is 7.68. The summed E-state index contributed by atoms with van der Waals surface area (Å²) in [5.41, 5.74) is 1.51. The van der Waals surface area contributed by atoms with Crippen LogP contribution in [0.1, 0.15) is 23.7 Å². The second kappa shape index (κ2) is 7.93. The molecule has 0 fully saturated rings. The van der Waals surface area contributed by atoms with E-state index in [2.05, 4.69) is 22.0 Å². The molecule has 1 aromatic carbocycles. The number of hydrogen-bond acceptors (Lipinski definition) is 4. The van der Waals surface area contributed by atoms with E-state index in [-0.39, 0.29) is 5.78 Å². The number of nitriles is 1. The van der Waals surface area contributed by atoms with Gasteiger partial charge in [-0.3, -0.25) is 4.79 Å². The summed E-state index contributed by atoms with van der Waals surface area (Å²) >= 11 is 3.42. The Labute approximate surface area is 122 Å². The monoisotopic (exact) mass is 324 g/mol. The van der Waals surface area contributed by atoms with E-state index < -0.39 is 0 Å². The van der Waals surface area contributed by atoms with Gasteiger partial charge >= 0.3 is 0 Å². The third kappa shape index (κ3) is 4.66. The summed E-state index contributed by atoms with van der Waals surface area (Å²) in [5.74, 6) is 0.0156. The van der Waals surface area contributed by atoms with Gasteiger partial charge in [0.15, 0.2) is 5.78 Å². The van der Waals surface area contributed by atoms with Gasteiger partial charge in [-0.05, 0) is 25.1 Å². The van der Waals surface area contributed by atoms with E-state index in [1.54, 1.807) is 20.1 Å². The lowest BCUT2D eigenvalue weighted by Crippen LogP contribution is -2.29. The first-order valence-electron chi connectivity index (χ1n) is 6.01. The number of rotatable bonds is 7. The Morgan fingerprint density at radius 1 is 1.47 bits per heavy atom. The zero-order valence-electron chi connectivity index (χ0n) is 11.1. The number of Topliss-reactive ketones (excluding diaryl/α,β-unsaturated/α-hetero) is 1. The fourth-order valence-corrected chi connectivity index (χ4v) is 2.15. The molecule has 1 aromatic rings. The molecule has 0 amide bonds. The lowest BCUT2D eigenvalue weighted by molar-refractivity contribution is 0.101. The van der Waals surface area contributed by atoms with Crippen LogP contribution in [-0.2, 0) is 4.74 Å². The Kier molecular flexibility index (Phi) is 6.54. The molecule has 4 nitrogen and oxygen atoms in total. The molecular weight excluding hydrogens is 308 g/mol. The van der Waals surface area contributed by atoms with E-state index in [0.717, 1.165) is 10.2 Å². The van der Waals surface area contributed by atoms with Crippen molar-refractivity contribution < 1.29 is 9.53 Å². The second-order valence-electron chi connectivity index (χ2n) is 4.11. The number of anilines is 1. The molecule has 0 unspecified atom stereocenters. The molecule has 0 atom stereocenters. The number of benzene rings is 1. The summed E-state index contributed by atoms with van der Waals surface area (Å²) in [4.78, 5) is 13.7. The largest absolute Gasteiger partial charge is 0.383 e. The predicted octanol–water partition coefficient (Wildman–Crippen LogP) is 3.02. The molecule has 0 N–H and O–H groups in total. The summed E-state index contributed by atoms with van der Waals surface area (Å²) in [5, 5.41) is 8.74. The predicted molar refractivity (Wildman–Crippen MR) is 78.5 cm³/mol. The number of carbonyl (C=O) groups is 1. The summed E-state index contributed by atoms with van der Waals surface area (Å²) in [6.07, 6.45) is 0.410. The zero-order valence-corrected chi connectivity index (χ0v) is 12.7. The van der Waals surface area contributed by atoms with Crippen LogP contribution in [0.3, 0.4) is 0 Å². The third-order valence-corrected chi connectivity index (χ3v) is 3.23. The van der Waals surface area contributed by atoms with Crippen LogP contribution in [-0.4, -0.2) is 32.6 Å². The molecule has 0 aromatic heterocycles. The number of nitrogens with zero attached hydrogens (tertiary/aromatic N) is 2. The molecule has 0 spiro atoms. The van der Waals surface area contributed by atoms with Crippen molar-refractivity contribution in [1.82, 2.24) is 0 Å². The lowest BCUT2D eigenvalue weighted by Gasteiger charge is -2.25. The van der Waals surface area contributed by atoms with Crippen molar-refractivity contribution in [2.45, 2.75) is 13.3 Å². The van der Waals surface area contributed by atoms with Crippen molar-refractivity contribution in [2.24, 2.45) is 0 Å². The smallest absolute Gasteiger partial charge is 0.161 e. The van der Waals surface area contributed by atoms with Gasteiger partial charge in [0.2, 0.25) is 0 Å². The van der Waals surface area contributed by atoms with Crippen LogP contribution in [0.5, 0.6) is 0 Å². The van der Waals surface area contributed by atoms with Gasteiger partial charge in [0.25, 0.3) is 0 Å². The van der Waals surface area contributed by atoms with E-state index in [9.17, 15) is 4.79 Å². The van der Waals surface area contributed by atoms with E-state index in [1.807, 2.05) is 17.0 Å². The first-order chi connectivity index (χ1) is 9.10. The highest BCUT2D eigenvalue weighted by atomic mass is 79.9. The van der Waals surface area contributed by atoms with Crippen LogP contribution in [0.4, 0.5) is 5.69 Å². The molecule has 102 valence electrons. The average molecular weight is 325 g/mol. The number of ether oxygens (including phenoxy) is 1. The molecule has 5 heteroatoms. The van der Waals surface area contributed by atoms with E-state index >= 15 is 0 Å². The molecule has 0 aliphatic carbocycles. The fraction of sp³-hybridized carbons (Fsp3) is 0.429. The minimum atomic E-state index is 0.0156. The highest BCUT2D eigenvalue weighted by molar-refractivity contribution is 9.10. The average Bonchev–Trinajstić information content (AvgIpc) is 2.38. The van der Waals surface area contributed by atoms with Gasteiger partial charge in [0.05, 0.1) is 19.1 Å². The second-order valence-corrected chi connectivity index (χ2v) is 5.02. The quantitative estimate of drug-likeness (QED) is 0.723. The standard InChI is InChI=1S/C14H17BrN2O2/c1-11(18)13-5-4-12(15)10-14(13)17(7-3-6-16)8-9-19-2/h4-5,10H,3,7-9H2,1-2H3. The third-order valence-electron chi connectivity index (χ3n) is 2.74. The molecule has 0 heterocycles. The summed E-state index contributed by atoms with van der Waals surface area (Å²) in [7, 11) is 1.63. The zero-order chi connectivity index (χ0) is 14.3. The van der Waals surface area contributed by atoms with Crippen LogP contribution < -0.4 is 4.90 Å². The van der Waals surface area contributed by atoms with Crippen LogP contribution >= 0.6 is 15.9 Å². The maximum atomic E-state index is 11.7. The SMILES string of the molecule is COCCN(CCC#N)c1cc(Br)ccc1C(C)=O. The first kappa shape index (κ1) is 15.7. The highest BCUT2D eigenvalue weighted by Gasteiger charge is 2.14. The molecule has 19 heavy (non-hydrogen) atoms. The van der Waals surface area contributed by atoms with Gasteiger partial charge in [0.1, 0.15) is 0 Å². The number of methoxy groups -OCH3 is 1. The molecule has 0 bridgehead atoms. The van der Waals surface area contributed by atoms with Crippen molar-refractivity contribution in [3.63, 3.8) is 0 Å². The molecular formula is C14H17BrN2O2. The van der Waals surface area contributed by atoms with Crippen LogP contribution in [0.25, 0.3) is 0 Å². The Hall–Kier alpha value is -1.38. The van der Waals surface area contributed by atoms with Crippen LogP contribution in [0, 0.1) is 11.3 Å². The van der Waals surface area contributed by atoms with Crippen LogP contribution in [0.15, 0.2) is 22.7 Å². The van der Waals surface area contributed by atoms with Crippen molar-refractivity contribution in [1.29, 1.82) is 5.26 Å². The normalized spacial score (nSPS) is 10.0. The topological polar surface area (TPSA) is 53.3 Å². The summed E-state index contributed by atoms with van der Waals surface area (Å²) in [6.45, 7) is 3.33. The minimum Gasteiger partial charge on any atom is -0.383 e. The van der Waals surface area contributed by atoms with Gasteiger partial charge in [-0.2, -0.15) is 5.26 Å². The summed E-state index contributed by atoms with van der Waals surface area (Å²) < 4.78 is 5.99.